The summed E-state index contributed by atoms with van der Waals surface area (Å²) in [5, 5.41) is 13.0. The number of benzene rings is 2. The van der Waals surface area contributed by atoms with Crippen molar-refractivity contribution in [3.63, 3.8) is 0 Å². The number of aromatic amines is 1. The number of anilines is 1. The normalized spacial score (nSPS) is 12.9. The van der Waals surface area contributed by atoms with Crippen LogP contribution < -0.4 is 20.3 Å². The number of pyridine rings is 1. The third-order valence-electron chi connectivity index (χ3n) is 5.52. The van der Waals surface area contributed by atoms with E-state index in [0.717, 1.165) is 24.3 Å². The van der Waals surface area contributed by atoms with Crippen LogP contribution in [0.5, 0.6) is 5.75 Å². The molecule has 0 unspecified atom stereocenters. The van der Waals surface area contributed by atoms with Crippen LogP contribution >= 0.6 is 0 Å². The lowest BCUT2D eigenvalue weighted by molar-refractivity contribution is -0.274. The molecule has 214 valence electrons. The standard InChI is InChI=1S/C26H22F3N5O6S/c27-26(28,29)40-17-7-9-18(10-8-17)41(38,39)34-21(25(36)37)15-23-32-20-11-6-16(14-19(20)24(35)33-23)4-3-13-31-22-5-1-2-12-30-22/h1-12,14,21,34H,13,15H2,(H,30,31)(H,36,37)(H,32,33,35)/t21-/m0/s1. The molecule has 0 aliphatic rings. The first-order valence-electron chi connectivity index (χ1n) is 11.8. The maximum atomic E-state index is 12.7. The minimum Gasteiger partial charge on any atom is -0.480 e. The van der Waals surface area contributed by atoms with Gasteiger partial charge in [0.1, 0.15) is 23.4 Å². The fourth-order valence-corrected chi connectivity index (χ4v) is 4.87. The molecule has 0 saturated heterocycles. The molecule has 4 N–H and O–H groups in total. The van der Waals surface area contributed by atoms with Gasteiger partial charge in [0.15, 0.2) is 0 Å². The van der Waals surface area contributed by atoms with E-state index >= 15 is 0 Å². The van der Waals surface area contributed by atoms with Gasteiger partial charge >= 0.3 is 12.3 Å². The molecule has 11 nitrogen and oxygen atoms in total. The number of nitrogens with zero attached hydrogens (tertiary/aromatic N) is 2. The van der Waals surface area contributed by atoms with Crippen LogP contribution in [0, 0.1) is 0 Å². The van der Waals surface area contributed by atoms with Crippen LogP contribution in [0.3, 0.4) is 0 Å². The lowest BCUT2D eigenvalue weighted by Gasteiger charge is -2.15. The second kappa shape index (κ2) is 12.2. The largest absolute Gasteiger partial charge is 0.573 e. The van der Waals surface area contributed by atoms with Crippen molar-refractivity contribution in [1.82, 2.24) is 19.7 Å². The van der Waals surface area contributed by atoms with E-state index in [1.807, 2.05) is 22.9 Å². The summed E-state index contributed by atoms with van der Waals surface area (Å²) in [6.45, 7) is 0.487. The van der Waals surface area contributed by atoms with Gasteiger partial charge in [0.25, 0.3) is 5.56 Å². The van der Waals surface area contributed by atoms with E-state index in [4.69, 9.17) is 0 Å². The maximum Gasteiger partial charge on any atom is 0.573 e. The summed E-state index contributed by atoms with van der Waals surface area (Å²) in [5.74, 6) is -1.59. The lowest BCUT2D eigenvalue weighted by Crippen LogP contribution is -2.42. The summed E-state index contributed by atoms with van der Waals surface area (Å²) in [4.78, 5) is 35.0. The number of fused-ring (bicyclic) bond motifs is 1. The number of halogens is 3. The number of rotatable bonds is 11. The monoisotopic (exact) mass is 589 g/mol. The van der Waals surface area contributed by atoms with Gasteiger partial charge in [-0.2, -0.15) is 4.72 Å². The molecule has 0 amide bonds. The summed E-state index contributed by atoms with van der Waals surface area (Å²) in [5.41, 5.74) is 0.419. The van der Waals surface area contributed by atoms with Gasteiger partial charge in [-0.25, -0.2) is 18.4 Å². The maximum absolute atomic E-state index is 12.7. The van der Waals surface area contributed by atoms with E-state index in [-0.39, 0.29) is 16.7 Å². The fraction of sp³-hybridized carbons (Fsp3) is 0.154. The van der Waals surface area contributed by atoms with Crippen molar-refractivity contribution in [2.45, 2.75) is 23.7 Å². The van der Waals surface area contributed by atoms with Crippen molar-refractivity contribution >= 4 is 38.8 Å². The Labute approximate surface area is 230 Å². The van der Waals surface area contributed by atoms with Gasteiger partial charge in [-0.05, 0) is 54.1 Å². The van der Waals surface area contributed by atoms with Crippen molar-refractivity contribution in [3.05, 3.63) is 94.7 Å². The van der Waals surface area contributed by atoms with Crippen LogP contribution in [-0.2, 0) is 21.2 Å². The van der Waals surface area contributed by atoms with Crippen LogP contribution in [0.4, 0.5) is 19.0 Å². The zero-order valence-corrected chi connectivity index (χ0v) is 21.7. The quantitative estimate of drug-likeness (QED) is 0.206. The number of H-pyrrole nitrogens is 1. The summed E-state index contributed by atoms with van der Waals surface area (Å²) in [6.07, 6.45) is -0.190. The molecule has 0 saturated carbocycles. The fourth-order valence-electron chi connectivity index (χ4n) is 3.68. The van der Waals surface area contributed by atoms with Crippen molar-refractivity contribution in [1.29, 1.82) is 0 Å². The highest BCUT2D eigenvalue weighted by atomic mass is 32.2. The molecule has 2 aromatic heterocycles. The number of alkyl halides is 3. The van der Waals surface area contributed by atoms with Crippen LogP contribution in [0.15, 0.2) is 82.6 Å². The average molecular weight is 590 g/mol. The lowest BCUT2D eigenvalue weighted by atomic mass is 10.1. The van der Waals surface area contributed by atoms with Gasteiger partial charge in [0.2, 0.25) is 10.0 Å². The summed E-state index contributed by atoms with van der Waals surface area (Å²) >= 11 is 0. The van der Waals surface area contributed by atoms with E-state index < -0.39 is 51.0 Å². The number of hydrogen-bond acceptors (Lipinski definition) is 8. The molecule has 4 rings (SSSR count). The van der Waals surface area contributed by atoms with Gasteiger partial charge in [0.05, 0.1) is 15.8 Å². The minimum absolute atomic E-state index is 0.0885. The number of carboxylic acid groups (broad SMARTS) is 1. The molecule has 2 aromatic carbocycles. The SMILES string of the molecule is O=C(O)[C@H](Cc1nc2ccc(C=CCNc3ccccn3)cc2c(=O)[nH]1)NS(=O)(=O)c1ccc(OC(F)(F)F)cc1. The molecule has 2 heterocycles. The first kappa shape index (κ1) is 29.2. The summed E-state index contributed by atoms with van der Waals surface area (Å²) in [7, 11) is -4.48. The molecular weight excluding hydrogens is 567 g/mol. The molecule has 0 fully saturated rings. The number of ether oxygens (including phenoxy) is 1. The molecule has 0 bridgehead atoms. The van der Waals surface area contributed by atoms with E-state index in [0.29, 0.717) is 17.9 Å². The Balaban J connectivity index is 1.46. The number of carboxylic acids is 1. The predicted octanol–water partition coefficient (Wildman–Crippen LogP) is 3.32. The molecule has 0 spiro atoms. The van der Waals surface area contributed by atoms with E-state index in [2.05, 4.69) is 25.0 Å². The van der Waals surface area contributed by atoms with Crippen LogP contribution in [0.2, 0.25) is 0 Å². The Kier molecular flexibility index (Phi) is 8.68. The smallest absolute Gasteiger partial charge is 0.480 e. The number of aromatic nitrogens is 3. The summed E-state index contributed by atoms with van der Waals surface area (Å²) in [6, 6.07) is 11.8. The topological polar surface area (TPSA) is 163 Å². The Morgan fingerprint density at radius 3 is 2.54 bits per heavy atom. The van der Waals surface area contributed by atoms with Crippen molar-refractivity contribution in [2.75, 3.05) is 11.9 Å². The summed E-state index contributed by atoms with van der Waals surface area (Å²) < 4.78 is 68.1. The Morgan fingerprint density at radius 1 is 1.12 bits per heavy atom. The van der Waals surface area contributed by atoms with Gasteiger partial charge in [0, 0.05) is 19.2 Å². The van der Waals surface area contributed by atoms with Crippen LogP contribution in [-0.4, -0.2) is 53.4 Å². The third kappa shape index (κ3) is 8.12. The number of hydrogen-bond donors (Lipinski definition) is 4. The van der Waals surface area contributed by atoms with Gasteiger partial charge < -0.3 is 20.1 Å². The number of nitrogens with one attached hydrogen (secondary N) is 3. The molecule has 1 atom stereocenters. The minimum atomic E-state index is -4.97. The Bertz CT molecular complexity index is 1730. The average Bonchev–Trinajstić information content (AvgIpc) is 2.91. The highest BCUT2D eigenvalue weighted by Crippen LogP contribution is 2.24. The zero-order valence-electron chi connectivity index (χ0n) is 20.9. The molecule has 4 aromatic rings. The number of carbonyl (C=O) groups is 1. The predicted molar refractivity (Wildman–Crippen MR) is 143 cm³/mol. The highest BCUT2D eigenvalue weighted by Gasteiger charge is 2.31. The van der Waals surface area contributed by atoms with Gasteiger partial charge in [-0.3, -0.25) is 9.59 Å². The van der Waals surface area contributed by atoms with Gasteiger partial charge in [-0.1, -0.05) is 24.3 Å². The van der Waals surface area contributed by atoms with E-state index in [1.165, 1.54) is 0 Å². The van der Waals surface area contributed by atoms with Crippen LogP contribution in [0.25, 0.3) is 17.0 Å². The van der Waals surface area contributed by atoms with E-state index in [9.17, 15) is 36.3 Å². The molecule has 15 heteroatoms. The number of sulfonamides is 1. The van der Waals surface area contributed by atoms with Gasteiger partial charge in [-0.15, -0.1) is 13.2 Å². The highest BCUT2D eigenvalue weighted by molar-refractivity contribution is 7.89. The third-order valence-corrected chi connectivity index (χ3v) is 7.00. The first-order valence-corrected chi connectivity index (χ1v) is 13.3. The molecule has 41 heavy (non-hydrogen) atoms. The molecule has 0 aliphatic carbocycles. The Morgan fingerprint density at radius 2 is 1.88 bits per heavy atom. The van der Waals surface area contributed by atoms with Crippen LogP contribution in [0.1, 0.15) is 11.4 Å². The van der Waals surface area contributed by atoms with E-state index in [1.54, 1.807) is 36.5 Å². The first-order chi connectivity index (χ1) is 19.4. The molecule has 0 aliphatic heterocycles. The Hall–Kier alpha value is -4.76. The second-order valence-corrected chi connectivity index (χ2v) is 10.2. The number of aliphatic carboxylic acids is 1. The molecular formula is C26H22F3N5O6S. The van der Waals surface area contributed by atoms with Crippen molar-refractivity contribution in [2.24, 2.45) is 0 Å². The van der Waals surface area contributed by atoms with Crippen molar-refractivity contribution < 1.29 is 36.2 Å². The van der Waals surface area contributed by atoms with Crippen molar-refractivity contribution in [3.8, 4) is 5.75 Å². The second-order valence-electron chi connectivity index (χ2n) is 8.52. The zero-order chi connectivity index (χ0) is 29.6. The molecule has 0 radical (unpaired) electrons.